The molecule has 86 valence electrons. The van der Waals surface area contributed by atoms with Crippen molar-refractivity contribution in [2.75, 3.05) is 26.7 Å². The fourth-order valence-corrected chi connectivity index (χ4v) is 1.29. The van der Waals surface area contributed by atoms with Crippen LogP contribution >= 0.6 is 0 Å². The van der Waals surface area contributed by atoms with Crippen molar-refractivity contribution < 1.29 is 5.11 Å². The Morgan fingerprint density at radius 3 is 2.50 bits per heavy atom. The minimum Gasteiger partial charge on any atom is -0.389 e. The molecule has 0 aromatic carbocycles. The number of hydrogen-bond donors (Lipinski definition) is 2. The zero-order valence-electron chi connectivity index (χ0n) is 10.1. The Hall–Kier alpha value is -0.120. The molecule has 0 aromatic heterocycles. The van der Waals surface area contributed by atoms with Crippen molar-refractivity contribution in [2.45, 2.75) is 39.2 Å². The van der Waals surface area contributed by atoms with E-state index in [9.17, 15) is 5.11 Å². The quantitative estimate of drug-likeness (QED) is 0.649. The zero-order valence-corrected chi connectivity index (χ0v) is 10.1. The fraction of sp³-hybridized carbons (Fsp3) is 1.00. The second-order valence-corrected chi connectivity index (χ2v) is 4.73. The van der Waals surface area contributed by atoms with Crippen LogP contribution in [-0.2, 0) is 0 Å². The maximum atomic E-state index is 9.71. The lowest BCUT2D eigenvalue weighted by Crippen LogP contribution is -2.38. The van der Waals surface area contributed by atoms with Crippen molar-refractivity contribution in [1.82, 2.24) is 4.90 Å². The van der Waals surface area contributed by atoms with Crippen LogP contribution in [-0.4, -0.2) is 42.3 Å². The molecule has 0 rings (SSSR count). The van der Waals surface area contributed by atoms with Gasteiger partial charge in [-0.25, -0.2) is 0 Å². The first-order chi connectivity index (χ1) is 6.41. The molecule has 0 saturated heterocycles. The highest BCUT2D eigenvalue weighted by molar-refractivity contribution is 4.74. The Labute approximate surface area is 88.3 Å². The predicted octanol–water partition coefficient (Wildman–Crippen LogP) is 1.06. The minimum atomic E-state index is -0.705. The van der Waals surface area contributed by atoms with Crippen LogP contribution in [0.5, 0.6) is 0 Å². The van der Waals surface area contributed by atoms with E-state index in [0.29, 0.717) is 6.54 Å². The third kappa shape index (κ3) is 6.35. The number of hydrogen-bond acceptors (Lipinski definition) is 3. The lowest BCUT2D eigenvalue weighted by molar-refractivity contribution is 0.0491. The summed E-state index contributed by atoms with van der Waals surface area (Å²) in [6.45, 7) is 8.59. The molecule has 3 nitrogen and oxygen atoms in total. The van der Waals surface area contributed by atoms with Crippen molar-refractivity contribution in [2.24, 2.45) is 11.7 Å². The molecular formula is C11H26N2O. The second kappa shape index (κ2) is 6.38. The summed E-state index contributed by atoms with van der Waals surface area (Å²) in [7, 11) is 2.10. The largest absolute Gasteiger partial charge is 0.389 e. The molecule has 0 aliphatic rings. The Morgan fingerprint density at radius 1 is 1.50 bits per heavy atom. The molecule has 3 heteroatoms. The van der Waals surface area contributed by atoms with E-state index in [1.807, 2.05) is 0 Å². The summed E-state index contributed by atoms with van der Waals surface area (Å²) in [5.41, 5.74) is 4.75. The van der Waals surface area contributed by atoms with Crippen molar-refractivity contribution >= 4 is 0 Å². The third-order valence-electron chi connectivity index (χ3n) is 2.79. The first kappa shape index (κ1) is 13.9. The zero-order chi connectivity index (χ0) is 11.2. The molecule has 0 saturated carbocycles. The van der Waals surface area contributed by atoms with Gasteiger partial charge >= 0.3 is 0 Å². The van der Waals surface area contributed by atoms with Gasteiger partial charge in [-0.15, -0.1) is 0 Å². The van der Waals surface area contributed by atoms with Gasteiger partial charge in [-0.1, -0.05) is 20.3 Å². The molecule has 2 atom stereocenters. The average molecular weight is 202 g/mol. The van der Waals surface area contributed by atoms with Gasteiger partial charge in [0, 0.05) is 19.6 Å². The Balaban J connectivity index is 3.68. The number of nitrogens with zero attached hydrogens (tertiary/aromatic N) is 1. The summed E-state index contributed by atoms with van der Waals surface area (Å²) < 4.78 is 0. The van der Waals surface area contributed by atoms with E-state index in [2.05, 4.69) is 25.8 Å². The smallest absolute Gasteiger partial charge is 0.0753 e. The number of aliphatic hydroxyl groups is 1. The Bertz CT molecular complexity index is 148. The maximum Gasteiger partial charge on any atom is 0.0753 e. The van der Waals surface area contributed by atoms with Crippen LogP contribution in [0, 0.1) is 5.92 Å². The Kier molecular flexibility index (Phi) is 6.33. The number of rotatable bonds is 7. The van der Waals surface area contributed by atoms with Gasteiger partial charge in [0.05, 0.1) is 5.60 Å². The van der Waals surface area contributed by atoms with Gasteiger partial charge in [0.2, 0.25) is 0 Å². The normalized spacial score (nSPS) is 18.2. The van der Waals surface area contributed by atoms with Crippen molar-refractivity contribution in [1.29, 1.82) is 0 Å². The van der Waals surface area contributed by atoms with Crippen LogP contribution in [0.25, 0.3) is 0 Å². The molecule has 14 heavy (non-hydrogen) atoms. The molecule has 0 spiro atoms. The van der Waals surface area contributed by atoms with Gasteiger partial charge in [-0.05, 0) is 26.3 Å². The highest BCUT2D eigenvalue weighted by Crippen LogP contribution is 2.09. The number of nitrogens with two attached hydrogens (primary N) is 1. The molecule has 0 aliphatic heterocycles. The molecular weight excluding hydrogens is 176 g/mol. The lowest BCUT2D eigenvalue weighted by Gasteiger charge is -2.26. The van der Waals surface area contributed by atoms with Crippen LogP contribution in [0.3, 0.4) is 0 Å². The lowest BCUT2D eigenvalue weighted by atomic mass is 10.0. The molecule has 0 amide bonds. The first-order valence-electron chi connectivity index (χ1n) is 5.52. The second-order valence-electron chi connectivity index (χ2n) is 4.73. The SMILES string of the molecule is CCC(C)CN(C)CCC(C)(O)CN. The molecule has 0 bridgehead atoms. The molecule has 0 aromatic rings. The molecule has 0 aliphatic carbocycles. The molecule has 2 unspecified atom stereocenters. The van der Waals surface area contributed by atoms with Crippen molar-refractivity contribution in [3.63, 3.8) is 0 Å². The van der Waals surface area contributed by atoms with Gasteiger partial charge < -0.3 is 15.7 Å². The van der Waals surface area contributed by atoms with Crippen LogP contribution in [0.1, 0.15) is 33.6 Å². The van der Waals surface area contributed by atoms with Crippen LogP contribution < -0.4 is 5.73 Å². The molecule has 0 fully saturated rings. The fourth-order valence-electron chi connectivity index (χ4n) is 1.29. The van der Waals surface area contributed by atoms with Crippen LogP contribution in [0.2, 0.25) is 0 Å². The standard InChI is InChI=1S/C11H26N2O/c1-5-10(2)8-13(4)7-6-11(3,14)9-12/h10,14H,5-9,12H2,1-4H3. The first-order valence-corrected chi connectivity index (χ1v) is 5.52. The molecule has 0 heterocycles. The van der Waals surface area contributed by atoms with Gasteiger partial charge in [0.25, 0.3) is 0 Å². The van der Waals surface area contributed by atoms with Gasteiger partial charge in [-0.3, -0.25) is 0 Å². The van der Waals surface area contributed by atoms with E-state index >= 15 is 0 Å². The third-order valence-corrected chi connectivity index (χ3v) is 2.79. The van der Waals surface area contributed by atoms with E-state index in [1.165, 1.54) is 6.42 Å². The highest BCUT2D eigenvalue weighted by atomic mass is 16.3. The van der Waals surface area contributed by atoms with Gasteiger partial charge in [0.1, 0.15) is 0 Å². The Morgan fingerprint density at radius 2 is 2.07 bits per heavy atom. The van der Waals surface area contributed by atoms with Gasteiger partial charge in [0.15, 0.2) is 0 Å². The summed E-state index contributed by atoms with van der Waals surface area (Å²) in [5, 5.41) is 9.71. The molecule has 0 radical (unpaired) electrons. The maximum absolute atomic E-state index is 9.71. The molecule has 3 N–H and O–H groups in total. The average Bonchev–Trinajstić information content (AvgIpc) is 2.15. The minimum absolute atomic E-state index is 0.337. The predicted molar refractivity (Wildman–Crippen MR) is 61.2 cm³/mol. The van der Waals surface area contributed by atoms with E-state index in [1.54, 1.807) is 6.92 Å². The monoisotopic (exact) mass is 202 g/mol. The van der Waals surface area contributed by atoms with Crippen molar-refractivity contribution in [3.8, 4) is 0 Å². The van der Waals surface area contributed by atoms with E-state index in [-0.39, 0.29) is 0 Å². The van der Waals surface area contributed by atoms with Crippen LogP contribution in [0.15, 0.2) is 0 Å². The topological polar surface area (TPSA) is 49.5 Å². The van der Waals surface area contributed by atoms with E-state index < -0.39 is 5.60 Å². The summed E-state index contributed by atoms with van der Waals surface area (Å²) >= 11 is 0. The summed E-state index contributed by atoms with van der Waals surface area (Å²) in [4.78, 5) is 2.26. The highest BCUT2D eigenvalue weighted by Gasteiger charge is 2.18. The van der Waals surface area contributed by atoms with Crippen LogP contribution in [0.4, 0.5) is 0 Å². The van der Waals surface area contributed by atoms with E-state index in [0.717, 1.165) is 25.4 Å². The summed E-state index contributed by atoms with van der Waals surface area (Å²) in [6, 6.07) is 0. The summed E-state index contributed by atoms with van der Waals surface area (Å²) in [6.07, 6.45) is 1.95. The van der Waals surface area contributed by atoms with E-state index in [4.69, 9.17) is 5.73 Å². The van der Waals surface area contributed by atoms with Crippen molar-refractivity contribution in [3.05, 3.63) is 0 Å². The van der Waals surface area contributed by atoms with Gasteiger partial charge in [-0.2, -0.15) is 0 Å². The summed E-state index contributed by atoms with van der Waals surface area (Å²) in [5.74, 6) is 0.725.